The van der Waals surface area contributed by atoms with Crippen LogP contribution in [0.3, 0.4) is 0 Å². The van der Waals surface area contributed by atoms with E-state index in [9.17, 15) is 0 Å². The minimum absolute atomic E-state index is 0.595. The van der Waals surface area contributed by atoms with Gasteiger partial charge in [0.2, 0.25) is 0 Å². The first-order valence-corrected chi connectivity index (χ1v) is 8.29. The summed E-state index contributed by atoms with van der Waals surface area (Å²) in [4.78, 5) is 2.28. The van der Waals surface area contributed by atoms with Crippen molar-refractivity contribution in [2.24, 2.45) is 0 Å². The molecule has 3 saturated heterocycles. The fourth-order valence-corrected chi connectivity index (χ4v) is 4.07. The summed E-state index contributed by atoms with van der Waals surface area (Å²) < 4.78 is 23.4. The third-order valence-electron chi connectivity index (χ3n) is 3.32. The molecule has 1 aromatic rings. The Morgan fingerprint density at radius 3 is 2.00 bits per heavy atom. The van der Waals surface area contributed by atoms with E-state index in [4.69, 9.17) is 17.7 Å². The van der Waals surface area contributed by atoms with Gasteiger partial charge >= 0.3 is 9.05 Å². The van der Waals surface area contributed by atoms with Gasteiger partial charge in [-0.3, -0.25) is 4.90 Å². The van der Waals surface area contributed by atoms with Crippen LogP contribution in [0.4, 0.5) is 0 Å². The molecule has 0 aliphatic carbocycles. The van der Waals surface area contributed by atoms with Crippen molar-refractivity contribution in [2.75, 3.05) is 39.5 Å². The van der Waals surface area contributed by atoms with Gasteiger partial charge in [-0.2, -0.15) is 0 Å². The highest BCUT2D eigenvalue weighted by Gasteiger charge is 2.50. The topological polar surface area (TPSA) is 40.2 Å². The molecule has 3 heterocycles. The predicted octanol–water partition coefficient (Wildman–Crippen LogP) is 1.19. The van der Waals surface area contributed by atoms with Crippen LogP contribution in [0.2, 0.25) is 0 Å². The van der Waals surface area contributed by atoms with Crippen LogP contribution < -0.4 is 4.43 Å². The first-order valence-electron chi connectivity index (χ1n) is 6.66. The second-order valence-electron chi connectivity index (χ2n) is 4.80. The largest absolute Gasteiger partial charge is 0.749 e. The van der Waals surface area contributed by atoms with E-state index in [1.807, 2.05) is 31.2 Å². The van der Waals surface area contributed by atoms with Gasteiger partial charge in [0.15, 0.2) is 0 Å². The normalized spacial score (nSPS) is 31.3. The Labute approximate surface area is 114 Å². The van der Waals surface area contributed by atoms with Crippen molar-refractivity contribution in [1.29, 1.82) is 0 Å². The van der Waals surface area contributed by atoms with Crippen molar-refractivity contribution in [3.63, 3.8) is 0 Å². The van der Waals surface area contributed by atoms with Gasteiger partial charge in [0.1, 0.15) is 5.75 Å². The van der Waals surface area contributed by atoms with Crippen molar-refractivity contribution in [1.82, 2.24) is 4.90 Å². The highest BCUT2D eigenvalue weighted by atomic mass is 28.4. The Kier molecular flexibility index (Phi) is 3.85. The van der Waals surface area contributed by atoms with Gasteiger partial charge in [-0.25, -0.2) is 0 Å². The lowest BCUT2D eigenvalue weighted by atomic mass is 10.2. The summed E-state index contributed by atoms with van der Waals surface area (Å²) in [7, 11) is -3.01. The van der Waals surface area contributed by atoms with Crippen LogP contribution in [0, 0.1) is 6.92 Å². The fraction of sp³-hybridized carbons (Fsp3) is 0.538. The van der Waals surface area contributed by atoms with Crippen LogP contribution in [0.5, 0.6) is 5.75 Å². The van der Waals surface area contributed by atoms with Crippen LogP contribution in [0.25, 0.3) is 0 Å². The standard InChI is InChI=1S/C13H19NO4Si/c1-12-2-4-13(5-3-12)18-19-15-9-6-14(7-10-16-19)8-11-17-19/h2-5H,6-11H2,1H3. The maximum Gasteiger partial charge on any atom is 0.749 e. The second-order valence-corrected chi connectivity index (χ2v) is 6.87. The highest BCUT2D eigenvalue weighted by molar-refractivity contribution is 6.54. The average molecular weight is 281 g/mol. The fourth-order valence-electron chi connectivity index (χ4n) is 2.20. The summed E-state index contributed by atoms with van der Waals surface area (Å²) in [5, 5.41) is 0. The minimum atomic E-state index is -3.01. The van der Waals surface area contributed by atoms with Gasteiger partial charge in [0, 0.05) is 19.6 Å². The molecule has 1 aromatic carbocycles. The molecule has 3 fully saturated rings. The SMILES string of the molecule is Cc1ccc(O[Si]23OCCN(CCO2)CCO3)cc1. The smallest absolute Gasteiger partial charge is 0.480 e. The summed E-state index contributed by atoms with van der Waals surface area (Å²) in [6.07, 6.45) is 0. The molecule has 6 heteroatoms. The van der Waals surface area contributed by atoms with Crippen molar-refractivity contribution in [3.05, 3.63) is 29.8 Å². The quantitative estimate of drug-likeness (QED) is 0.762. The van der Waals surface area contributed by atoms with Crippen LogP contribution in [-0.4, -0.2) is 53.4 Å². The summed E-state index contributed by atoms with van der Waals surface area (Å²) in [6, 6.07) is 7.87. The van der Waals surface area contributed by atoms with E-state index in [0.29, 0.717) is 19.8 Å². The van der Waals surface area contributed by atoms with Crippen molar-refractivity contribution in [2.45, 2.75) is 6.92 Å². The number of rotatable bonds is 2. The third kappa shape index (κ3) is 3.15. The van der Waals surface area contributed by atoms with Crippen molar-refractivity contribution < 1.29 is 17.7 Å². The number of hydrogen-bond acceptors (Lipinski definition) is 5. The molecule has 3 aliphatic rings. The molecule has 0 N–H and O–H groups in total. The van der Waals surface area contributed by atoms with Gasteiger partial charge in [0.25, 0.3) is 0 Å². The van der Waals surface area contributed by atoms with Crippen molar-refractivity contribution >= 4 is 9.05 Å². The Balaban J connectivity index is 1.76. The lowest BCUT2D eigenvalue weighted by Gasteiger charge is -2.36. The summed E-state index contributed by atoms with van der Waals surface area (Å²) >= 11 is 0. The monoisotopic (exact) mass is 281 g/mol. The van der Waals surface area contributed by atoms with E-state index >= 15 is 0 Å². The molecular weight excluding hydrogens is 262 g/mol. The first kappa shape index (κ1) is 13.1. The Bertz CT molecular complexity index is 399. The number of nitrogens with zero attached hydrogens (tertiary/aromatic N) is 1. The molecule has 5 nitrogen and oxygen atoms in total. The molecule has 0 radical (unpaired) electrons. The van der Waals surface area contributed by atoms with E-state index in [1.165, 1.54) is 5.56 Å². The predicted molar refractivity (Wildman–Crippen MR) is 71.9 cm³/mol. The maximum absolute atomic E-state index is 5.95. The lowest BCUT2D eigenvalue weighted by molar-refractivity contribution is -0.0496. The number of benzene rings is 1. The number of hydrogen-bond donors (Lipinski definition) is 0. The lowest BCUT2D eigenvalue weighted by Crippen LogP contribution is -2.59. The molecule has 19 heavy (non-hydrogen) atoms. The minimum Gasteiger partial charge on any atom is -0.480 e. The van der Waals surface area contributed by atoms with Crippen molar-refractivity contribution in [3.8, 4) is 5.75 Å². The van der Waals surface area contributed by atoms with Crippen LogP contribution >= 0.6 is 0 Å². The number of fused-ring (bicyclic) bond motifs is 6. The third-order valence-corrected chi connectivity index (χ3v) is 5.48. The van der Waals surface area contributed by atoms with Gasteiger partial charge in [-0.1, -0.05) is 17.7 Å². The van der Waals surface area contributed by atoms with Gasteiger partial charge < -0.3 is 17.7 Å². The van der Waals surface area contributed by atoms with Gasteiger partial charge in [0.05, 0.1) is 19.8 Å². The van der Waals surface area contributed by atoms with E-state index < -0.39 is 9.05 Å². The van der Waals surface area contributed by atoms with Crippen LogP contribution in [-0.2, 0) is 13.3 Å². The van der Waals surface area contributed by atoms with Gasteiger partial charge in [-0.05, 0) is 19.1 Å². The average Bonchev–Trinajstić information content (AvgIpc) is 2.33. The Morgan fingerprint density at radius 2 is 1.47 bits per heavy atom. The summed E-state index contributed by atoms with van der Waals surface area (Å²) in [6.45, 7) is 6.58. The molecular formula is C13H19NO4Si. The molecule has 0 atom stereocenters. The number of aryl methyl sites for hydroxylation is 1. The van der Waals surface area contributed by atoms with E-state index in [1.54, 1.807) is 0 Å². The maximum atomic E-state index is 5.95. The molecule has 0 saturated carbocycles. The Hall–Kier alpha value is -0.923. The first-order chi connectivity index (χ1) is 9.26. The van der Waals surface area contributed by atoms with E-state index in [2.05, 4.69) is 4.90 Å². The molecule has 3 aliphatic heterocycles. The Morgan fingerprint density at radius 1 is 0.947 bits per heavy atom. The molecule has 0 unspecified atom stereocenters. The zero-order valence-corrected chi connectivity index (χ0v) is 12.1. The molecule has 2 bridgehead atoms. The molecule has 4 rings (SSSR count). The molecule has 0 spiro atoms. The highest BCUT2D eigenvalue weighted by Crippen LogP contribution is 2.22. The summed E-state index contributed by atoms with van der Waals surface area (Å²) in [5.74, 6) is 0.746. The molecule has 0 amide bonds. The van der Waals surface area contributed by atoms with Crippen LogP contribution in [0.1, 0.15) is 5.56 Å². The summed E-state index contributed by atoms with van der Waals surface area (Å²) in [5.41, 5.74) is 1.19. The molecule has 104 valence electrons. The van der Waals surface area contributed by atoms with E-state index in [0.717, 1.165) is 25.4 Å². The zero-order valence-electron chi connectivity index (χ0n) is 11.1. The zero-order chi connectivity index (χ0) is 13.1. The van der Waals surface area contributed by atoms with E-state index in [-0.39, 0.29) is 0 Å². The van der Waals surface area contributed by atoms with Crippen LogP contribution in [0.15, 0.2) is 24.3 Å². The molecule has 0 aromatic heterocycles. The second kappa shape index (κ2) is 5.60. The van der Waals surface area contributed by atoms with Gasteiger partial charge in [-0.15, -0.1) is 0 Å².